The van der Waals surface area contributed by atoms with E-state index in [1.54, 1.807) is 0 Å². The normalized spacial score (nSPS) is 24.1. The van der Waals surface area contributed by atoms with Crippen molar-refractivity contribution >= 4 is 30.3 Å². The molecule has 1 aliphatic heterocycles. The smallest absolute Gasteiger partial charge is 0.227 e. The molecule has 4 heteroatoms. The maximum absolute atomic E-state index is 12.3. The van der Waals surface area contributed by atoms with Gasteiger partial charge in [-0.15, -0.1) is 12.6 Å². The molecule has 2 atom stereocenters. The zero-order valence-corrected chi connectivity index (χ0v) is 12.5. The molecule has 2 unspecified atom stereocenters. The van der Waals surface area contributed by atoms with E-state index in [2.05, 4.69) is 26.5 Å². The fourth-order valence-corrected chi connectivity index (χ4v) is 3.42. The summed E-state index contributed by atoms with van der Waals surface area (Å²) in [7, 11) is 0. The molecule has 0 aromatic heterocycles. The van der Waals surface area contributed by atoms with Crippen LogP contribution in [0.3, 0.4) is 0 Å². The van der Waals surface area contributed by atoms with Crippen molar-refractivity contribution < 1.29 is 4.79 Å². The van der Waals surface area contributed by atoms with Gasteiger partial charge in [0.05, 0.1) is 6.42 Å². The monoisotopic (exact) mass is 281 g/mol. The lowest BCUT2D eigenvalue weighted by atomic mass is 10.1. The van der Waals surface area contributed by atoms with Crippen LogP contribution in [0, 0.1) is 0 Å². The molecule has 0 saturated carbocycles. The van der Waals surface area contributed by atoms with Gasteiger partial charge in [-0.1, -0.05) is 19.1 Å². The number of carbonyl (C=O) groups excluding carboxylic acids is 1. The Kier molecular flexibility index (Phi) is 4.62. The third-order valence-corrected chi connectivity index (χ3v) is 5.13. The van der Waals surface area contributed by atoms with Gasteiger partial charge in [0.25, 0.3) is 0 Å². The molecule has 0 N–H and O–H groups in total. The van der Waals surface area contributed by atoms with Crippen molar-refractivity contribution in [2.75, 3.05) is 12.3 Å². The first-order valence-electron chi connectivity index (χ1n) is 6.27. The Morgan fingerprint density at radius 1 is 1.39 bits per heavy atom. The highest BCUT2D eigenvalue weighted by Crippen LogP contribution is 2.24. The summed E-state index contributed by atoms with van der Waals surface area (Å²) in [6.45, 7) is 5.22. The first-order chi connectivity index (χ1) is 8.58. The molecule has 2 rings (SSSR count). The van der Waals surface area contributed by atoms with E-state index in [0.29, 0.717) is 17.7 Å². The predicted octanol–water partition coefficient (Wildman–Crippen LogP) is 2.87. The van der Waals surface area contributed by atoms with E-state index in [9.17, 15) is 4.79 Å². The van der Waals surface area contributed by atoms with Gasteiger partial charge in [-0.2, -0.15) is 11.8 Å². The highest BCUT2D eigenvalue weighted by molar-refractivity contribution is 8.00. The van der Waals surface area contributed by atoms with Gasteiger partial charge in [-0.3, -0.25) is 4.79 Å². The number of nitrogens with zero attached hydrogens (tertiary/aromatic N) is 1. The molecule has 98 valence electrons. The molecule has 1 amide bonds. The minimum Gasteiger partial charge on any atom is -0.338 e. The van der Waals surface area contributed by atoms with Gasteiger partial charge < -0.3 is 4.90 Å². The van der Waals surface area contributed by atoms with E-state index < -0.39 is 0 Å². The first kappa shape index (κ1) is 13.8. The summed E-state index contributed by atoms with van der Waals surface area (Å²) in [6, 6.07) is 8.16. The van der Waals surface area contributed by atoms with Crippen molar-refractivity contribution in [2.45, 2.75) is 36.5 Å². The second-order valence-corrected chi connectivity index (χ2v) is 6.75. The van der Waals surface area contributed by atoms with Crippen LogP contribution < -0.4 is 0 Å². The van der Waals surface area contributed by atoms with Crippen LogP contribution in [-0.4, -0.2) is 34.4 Å². The summed E-state index contributed by atoms with van der Waals surface area (Å²) in [4.78, 5) is 15.3. The average molecular weight is 281 g/mol. The second kappa shape index (κ2) is 6.02. The summed E-state index contributed by atoms with van der Waals surface area (Å²) in [6.07, 6.45) is 0.496. The Balaban J connectivity index is 2.01. The molecule has 0 aliphatic carbocycles. The first-order valence-corrected chi connectivity index (χ1v) is 7.76. The largest absolute Gasteiger partial charge is 0.338 e. The summed E-state index contributed by atoms with van der Waals surface area (Å²) >= 11 is 6.20. The highest BCUT2D eigenvalue weighted by atomic mass is 32.2. The average Bonchev–Trinajstić information content (AvgIpc) is 2.35. The molecule has 1 aromatic rings. The highest BCUT2D eigenvalue weighted by Gasteiger charge is 2.28. The van der Waals surface area contributed by atoms with Crippen LogP contribution in [0.5, 0.6) is 0 Å². The Morgan fingerprint density at radius 2 is 2.06 bits per heavy atom. The number of rotatable bonds is 2. The van der Waals surface area contributed by atoms with E-state index in [1.807, 2.05) is 40.9 Å². The molecule has 18 heavy (non-hydrogen) atoms. The maximum atomic E-state index is 12.3. The lowest BCUT2D eigenvalue weighted by molar-refractivity contribution is -0.132. The van der Waals surface area contributed by atoms with Crippen molar-refractivity contribution in [3.05, 3.63) is 29.8 Å². The van der Waals surface area contributed by atoms with E-state index >= 15 is 0 Å². The van der Waals surface area contributed by atoms with Gasteiger partial charge in [-0.25, -0.2) is 0 Å². The molecule has 0 bridgehead atoms. The molecular weight excluding hydrogens is 262 g/mol. The number of carbonyl (C=O) groups is 1. The molecule has 2 nitrogen and oxygen atoms in total. The fraction of sp³-hybridized carbons (Fsp3) is 0.500. The number of thioether (sulfide) groups is 1. The van der Waals surface area contributed by atoms with Crippen molar-refractivity contribution in [3.8, 4) is 0 Å². The third-order valence-electron chi connectivity index (χ3n) is 3.50. The number of benzene rings is 1. The Labute approximate surface area is 119 Å². The van der Waals surface area contributed by atoms with Gasteiger partial charge in [0, 0.05) is 28.5 Å². The van der Waals surface area contributed by atoms with Crippen LogP contribution >= 0.6 is 24.4 Å². The van der Waals surface area contributed by atoms with Gasteiger partial charge in [0.15, 0.2) is 0 Å². The van der Waals surface area contributed by atoms with Crippen LogP contribution in [0.2, 0.25) is 0 Å². The number of hydrogen-bond donors (Lipinski definition) is 1. The van der Waals surface area contributed by atoms with Crippen LogP contribution in [0.15, 0.2) is 29.2 Å². The van der Waals surface area contributed by atoms with Crippen LogP contribution in [0.4, 0.5) is 0 Å². The maximum Gasteiger partial charge on any atom is 0.227 e. The molecule has 1 fully saturated rings. The number of hydrogen-bond acceptors (Lipinski definition) is 3. The van der Waals surface area contributed by atoms with E-state index in [0.717, 1.165) is 22.8 Å². The zero-order chi connectivity index (χ0) is 13.1. The van der Waals surface area contributed by atoms with Gasteiger partial charge in [0.2, 0.25) is 5.91 Å². The van der Waals surface area contributed by atoms with Gasteiger partial charge in [0.1, 0.15) is 0 Å². The molecular formula is C14H19NOS2. The van der Waals surface area contributed by atoms with Crippen molar-refractivity contribution in [1.82, 2.24) is 4.90 Å². The predicted molar refractivity (Wildman–Crippen MR) is 80.5 cm³/mol. The van der Waals surface area contributed by atoms with Crippen LogP contribution in [0.25, 0.3) is 0 Å². The fourth-order valence-electron chi connectivity index (χ4n) is 2.18. The zero-order valence-electron chi connectivity index (χ0n) is 10.8. The number of thiol groups is 1. The van der Waals surface area contributed by atoms with Crippen molar-refractivity contribution in [1.29, 1.82) is 0 Å². The molecule has 1 heterocycles. The second-order valence-electron chi connectivity index (χ2n) is 4.75. The topological polar surface area (TPSA) is 20.3 Å². The SMILES string of the molecule is CC1SCCN(C(=O)Cc2ccc(S)cc2)C1C. The minimum atomic E-state index is 0.238. The van der Waals surface area contributed by atoms with Gasteiger partial charge >= 0.3 is 0 Å². The Bertz CT molecular complexity index is 418. The van der Waals surface area contributed by atoms with Crippen LogP contribution in [-0.2, 0) is 11.2 Å². The molecule has 0 spiro atoms. The molecule has 1 saturated heterocycles. The Hall–Kier alpha value is -0.610. The van der Waals surface area contributed by atoms with Crippen molar-refractivity contribution in [3.63, 3.8) is 0 Å². The van der Waals surface area contributed by atoms with Gasteiger partial charge in [-0.05, 0) is 24.6 Å². The number of amides is 1. The molecule has 0 radical (unpaired) electrons. The Morgan fingerprint density at radius 3 is 2.72 bits per heavy atom. The van der Waals surface area contributed by atoms with E-state index in [4.69, 9.17) is 0 Å². The third kappa shape index (κ3) is 3.23. The molecule has 1 aromatic carbocycles. The van der Waals surface area contributed by atoms with E-state index in [-0.39, 0.29) is 5.91 Å². The summed E-state index contributed by atoms with van der Waals surface area (Å²) in [5.41, 5.74) is 1.07. The minimum absolute atomic E-state index is 0.238. The lowest BCUT2D eigenvalue weighted by Gasteiger charge is -2.37. The standard InChI is InChI=1S/C14H19NOS2/c1-10-11(2)18-8-7-15(10)14(16)9-12-3-5-13(17)6-4-12/h3-6,10-11,17H,7-9H2,1-2H3. The lowest BCUT2D eigenvalue weighted by Crippen LogP contribution is -2.48. The summed E-state index contributed by atoms with van der Waals surface area (Å²) < 4.78 is 0. The van der Waals surface area contributed by atoms with E-state index in [1.165, 1.54) is 0 Å². The quantitative estimate of drug-likeness (QED) is 0.841. The summed E-state index contributed by atoms with van der Waals surface area (Å²) in [5.74, 6) is 1.29. The molecule has 1 aliphatic rings. The summed E-state index contributed by atoms with van der Waals surface area (Å²) in [5, 5.41) is 0.530. The van der Waals surface area contributed by atoms with Crippen molar-refractivity contribution in [2.24, 2.45) is 0 Å². The van der Waals surface area contributed by atoms with Crippen LogP contribution in [0.1, 0.15) is 19.4 Å².